The Morgan fingerprint density at radius 3 is 2.89 bits per heavy atom. The maximum absolute atomic E-state index is 11.6. The van der Waals surface area contributed by atoms with Crippen molar-refractivity contribution >= 4 is 46.6 Å². The number of thioether (sulfide) groups is 1. The van der Waals surface area contributed by atoms with E-state index in [1.54, 1.807) is 18.2 Å². The number of carbonyl (C=O) groups excluding carboxylic acids is 1. The molecule has 18 heavy (non-hydrogen) atoms. The fourth-order valence-corrected chi connectivity index (χ4v) is 2.42. The van der Waals surface area contributed by atoms with E-state index in [1.807, 2.05) is 6.92 Å². The lowest BCUT2D eigenvalue weighted by atomic mass is 10.2. The van der Waals surface area contributed by atoms with Crippen molar-refractivity contribution in [2.45, 2.75) is 6.92 Å². The number of halogens is 2. The van der Waals surface area contributed by atoms with Gasteiger partial charge in [0, 0.05) is 6.61 Å². The summed E-state index contributed by atoms with van der Waals surface area (Å²) < 4.78 is 0. The highest BCUT2D eigenvalue weighted by Crippen LogP contribution is 2.29. The molecule has 1 atom stereocenters. The van der Waals surface area contributed by atoms with Gasteiger partial charge in [0.1, 0.15) is 0 Å². The Morgan fingerprint density at radius 2 is 2.22 bits per heavy atom. The van der Waals surface area contributed by atoms with E-state index in [0.717, 1.165) is 5.75 Å². The summed E-state index contributed by atoms with van der Waals surface area (Å²) in [4.78, 5) is 11.6. The number of aliphatic hydroxyl groups excluding tert-OH is 1. The predicted molar refractivity (Wildman–Crippen MR) is 78.7 cm³/mol. The summed E-state index contributed by atoms with van der Waals surface area (Å²) >= 11 is 13.3. The molecule has 0 aliphatic carbocycles. The van der Waals surface area contributed by atoms with Crippen LogP contribution in [0.5, 0.6) is 0 Å². The quantitative estimate of drug-likeness (QED) is 0.848. The van der Waals surface area contributed by atoms with Crippen molar-refractivity contribution in [3.63, 3.8) is 0 Å². The number of carbonyl (C=O) groups is 1. The molecule has 0 aromatic heterocycles. The minimum atomic E-state index is -0.130. The van der Waals surface area contributed by atoms with Crippen molar-refractivity contribution in [3.8, 4) is 0 Å². The van der Waals surface area contributed by atoms with E-state index < -0.39 is 0 Å². The van der Waals surface area contributed by atoms with Gasteiger partial charge in [0.2, 0.25) is 5.91 Å². The van der Waals surface area contributed by atoms with Crippen LogP contribution in [0.2, 0.25) is 10.0 Å². The third kappa shape index (κ3) is 5.06. The monoisotopic (exact) mass is 307 g/mol. The summed E-state index contributed by atoms with van der Waals surface area (Å²) in [6, 6.07) is 5.09. The van der Waals surface area contributed by atoms with Crippen LogP contribution in [0.25, 0.3) is 0 Å². The molecule has 1 aromatic carbocycles. The van der Waals surface area contributed by atoms with Crippen LogP contribution in [-0.2, 0) is 4.79 Å². The molecule has 0 heterocycles. The smallest absolute Gasteiger partial charge is 0.234 e. The maximum atomic E-state index is 11.6. The van der Waals surface area contributed by atoms with Crippen molar-refractivity contribution in [1.29, 1.82) is 0 Å². The number of hydrogen-bond donors (Lipinski definition) is 2. The number of rotatable bonds is 6. The Hall–Kier alpha value is -0.420. The summed E-state index contributed by atoms with van der Waals surface area (Å²) in [7, 11) is 0. The average Bonchev–Trinajstić information content (AvgIpc) is 2.34. The zero-order valence-electron chi connectivity index (χ0n) is 9.95. The van der Waals surface area contributed by atoms with Crippen LogP contribution in [0.4, 0.5) is 5.69 Å². The number of nitrogens with one attached hydrogen (secondary N) is 1. The first-order valence-corrected chi connectivity index (χ1v) is 7.38. The van der Waals surface area contributed by atoms with Crippen LogP contribution in [-0.4, -0.2) is 29.1 Å². The van der Waals surface area contributed by atoms with Crippen LogP contribution < -0.4 is 5.32 Å². The molecule has 1 rings (SSSR count). The molecule has 1 unspecified atom stereocenters. The average molecular weight is 308 g/mol. The molecule has 0 bridgehead atoms. The molecule has 0 aliphatic rings. The van der Waals surface area contributed by atoms with Crippen molar-refractivity contribution in [2.75, 3.05) is 23.4 Å². The standard InChI is InChI=1S/C12H15Cl2NO2S/c1-8(5-16)6-18-7-11(17)15-10-4-2-3-9(13)12(10)14/h2-4,8,16H,5-7H2,1H3,(H,15,17). The van der Waals surface area contributed by atoms with E-state index in [9.17, 15) is 4.79 Å². The van der Waals surface area contributed by atoms with Crippen LogP contribution in [0.1, 0.15) is 6.92 Å². The summed E-state index contributed by atoms with van der Waals surface area (Å²) in [6.07, 6.45) is 0. The Kier molecular flexibility index (Phi) is 6.86. The zero-order valence-corrected chi connectivity index (χ0v) is 12.3. The molecule has 0 saturated heterocycles. The Bertz CT molecular complexity index is 415. The molecular weight excluding hydrogens is 293 g/mol. The van der Waals surface area contributed by atoms with Gasteiger partial charge in [-0.15, -0.1) is 0 Å². The Labute approximate surface area is 121 Å². The van der Waals surface area contributed by atoms with Crippen LogP contribution in [0.15, 0.2) is 18.2 Å². The normalized spacial score (nSPS) is 12.2. The van der Waals surface area contributed by atoms with Gasteiger partial charge in [0.15, 0.2) is 0 Å². The topological polar surface area (TPSA) is 49.3 Å². The number of anilines is 1. The van der Waals surface area contributed by atoms with Gasteiger partial charge in [-0.3, -0.25) is 4.79 Å². The van der Waals surface area contributed by atoms with E-state index in [4.69, 9.17) is 28.3 Å². The molecule has 0 radical (unpaired) electrons. The second-order valence-electron chi connectivity index (χ2n) is 3.95. The first-order valence-electron chi connectivity index (χ1n) is 5.47. The third-order valence-corrected chi connectivity index (χ3v) is 4.26. The SMILES string of the molecule is CC(CO)CSCC(=O)Nc1cccc(Cl)c1Cl. The number of benzene rings is 1. The van der Waals surface area contributed by atoms with Gasteiger partial charge in [-0.2, -0.15) is 11.8 Å². The summed E-state index contributed by atoms with van der Waals surface area (Å²) in [5.74, 6) is 1.13. The van der Waals surface area contributed by atoms with Gasteiger partial charge in [0.25, 0.3) is 0 Å². The Balaban J connectivity index is 2.43. The molecular formula is C12H15Cl2NO2S. The van der Waals surface area contributed by atoms with Gasteiger partial charge >= 0.3 is 0 Å². The van der Waals surface area contributed by atoms with Gasteiger partial charge < -0.3 is 10.4 Å². The van der Waals surface area contributed by atoms with Crippen molar-refractivity contribution < 1.29 is 9.90 Å². The second kappa shape index (κ2) is 7.89. The van der Waals surface area contributed by atoms with Crippen molar-refractivity contribution in [1.82, 2.24) is 0 Å². The molecule has 0 saturated carbocycles. The summed E-state index contributed by atoms with van der Waals surface area (Å²) in [5, 5.41) is 12.3. The lowest BCUT2D eigenvalue weighted by Crippen LogP contribution is -2.16. The number of amides is 1. The lowest BCUT2D eigenvalue weighted by Gasteiger charge is -2.09. The third-order valence-electron chi connectivity index (χ3n) is 2.17. The molecule has 0 fully saturated rings. The van der Waals surface area contributed by atoms with Crippen molar-refractivity contribution in [3.05, 3.63) is 28.2 Å². The molecule has 0 aliphatic heterocycles. The lowest BCUT2D eigenvalue weighted by molar-refractivity contribution is -0.113. The molecule has 2 N–H and O–H groups in total. The highest BCUT2D eigenvalue weighted by atomic mass is 35.5. The van der Waals surface area contributed by atoms with E-state index in [2.05, 4.69) is 5.32 Å². The van der Waals surface area contributed by atoms with Crippen LogP contribution in [0, 0.1) is 5.92 Å². The van der Waals surface area contributed by atoms with Gasteiger partial charge in [-0.1, -0.05) is 36.2 Å². The van der Waals surface area contributed by atoms with Gasteiger partial charge in [0.05, 0.1) is 21.5 Å². The van der Waals surface area contributed by atoms with E-state index >= 15 is 0 Å². The Morgan fingerprint density at radius 1 is 1.50 bits per heavy atom. The summed E-state index contributed by atoms with van der Waals surface area (Å²) in [5.41, 5.74) is 0.518. The largest absolute Gasteiger partial charge is 0.396 e. The van der Waals surface area contributed by atoms with E-state index in [1.165, 1.54) is 11.8 Å². The van der Waals surface area contributed by atoms with E-state index in [-0.39, 0.29) is 18.4 Å². The minimum absolute atomic E-state index is 0.130. The van der Waals surface area contributed by atoms with E-state index in [0.29, 0.717) is 21.5 Å². The van der Waals surface area contributed by atoms with Gasteiger partial charge in [-0.05, 0) is 23.8 Å². The molecule has 1 amide bonds. The molecule has 0 spiro atoms. The van der Waals surface area contributed by atoms with Crippen LogP contribution in [0.3, 0.4) is 0 Å². The fraction of sp³-hybridized carbons (Fsp3) is 0.417. The molecule has 100 valence electrons. The predicted octanol–water partition coefficient (Wildman–Crippen LogP) is 3.29. The second-order valence-corrected chi connectivity index (χ2v) is 5.77. The molecule has 6 heteroatoms. The first kappa shape index (κ1) is 15.6. The zero-order chi connectivity index (χ0) is 13.5. The highest BCUT2D eigenvalue weighted by Gasteiger charge is 2.09. The number of aliphatic hydroxyl groups is 1. The minimum Gasteiger partial charge on any atom is -0.396 e. The van der Waals surface area contributed by atoms with Crippen molar-refractivity contribution in [2.24, 2.45) is 5.92 Å². The number of hydrogen-bond acceptors (Lipinski definition) is 3. The van der Waals surface area contributed by atoms with Crippen LogP contribution >= 0.6 is 35.0 Å². The highest BCUT2D eigenvalue weighted by molar-refractivity contribution is 7.99. The maximum Gasteiger partial charge on any atom is 0.234 e. The van der Waals surface area contributed by atoms with Gasteiger partial charge in [-0.25, -0.2) is 0 Å². The molecule has 3 nitrogen and oxygen atoms in total. The summed E-state index contributed by atoms with van der Waals surface area (Å²) in [6.45, 7) is 2.06. The first-order chi connectivity index (χ1) is 8.54. The molecule has 1 aromatic rings. The fourth-order valence-electron chi connectivity index (χ4n) is 1.19.